The number of hydrogen-bond acceptors (Lipinski definition) is 3. The van der Waals surface area contributed by atoms with Crippen LogP contribution in [0.15, 0.2) is 24.3 Å². The van der Waals surface area contributed by atoms with Gasteiger partial charge in [0.2, 0.25) is 0 Å². The van der Waals surface area contributed by atoms with Gasteiger partial charge in [-0.1, -0.05) is 31.2 Å². The van der Waals surface area contributed by atoms with E-state index in [0.717, 1.165) is 19.3 Å². The number of rotatable bonds is 8. The highest BCUT2D eigenvalue weighted by molar-refractivity contribution is 7.91. The molecule has 1 aromatic rings. The summed E-state index contributed by atoms with van der Waals surface area (Å²) in [6, 6.07) is 8.69. The van der Waals surface area contributed by atoms with Crippen LogP contribution in [0.1, 0.15) is 30.9 Å². The molecule has 0 saturated heterocycles. The molecule has 1 unspecified atom stereocenters. The smallest absolute Gasteiger partial charge is 0.150 e. The van der Waals surface area contributed by atoms with Crippen LogP contribution in [0.5, 0.6) is 0 Å². The average Bonchev–Trinajstić information content (AvgIpc) is 2.39. The lowest BCUT2D eigenvalue weighted by atomic mass is 9.99. The summed E-state index contributed by atoms with van der Waals surface area (Å²) in [5.41, 5.74) is 2.63. The van der Waals surface area contributed by atoms with E-state index in [1.54, 1.807) is 6.92 Å². The topological polar surface area (TPSA) is 46.2 Å². The van der Waals surface area contributed by atoms with Gasteiger partial charge in [-0.25, -0.2) is 8.42 Å². The van der Waals surface area contributed by atoms with Crippen LogP contribution < -0.4 is 5.32 Å². The number of benzene rings is 1. The lowest BCUT2D eigenvalue weighted by Crippen LogP contribution is -2.28. The molecule has 3 nitrogen and oxygen atoms in total. The highest BCUT2D eigenvalue weighted by Crippen LogP contribution is 2.12. The van der Waals surface area contributed by atoms with Gasteiger partial charge in [-0.05, 0) is 44.4 Å². The first kappa shape index (κ1) is 16.2. The van der Waals surface area contributed by atoms with Gasteiger partial charge in [-0.3, -0.25) is 0 Å². The van der Waals surface area contributed by atoms with Crippen molar-refractivity contribution in [2.24, 2.45) is 0 Å². The molecule has 1 N–H and O–H groups in total. The SMILES string of the molecule is CCS(=O)(=O)CCCC(Cc1ccccc1C)NC. The maximum atomic E-state index is 11.5. The third-order valence-electron chi connectivity index (χ3n) is 3.58. The molecule has 0 fully saturated rings. The van der Waals surface area contributed by atoms with E-state index in [4.69, 9.17) is 0 Å². The third kappa shape index (κ3) is 5.74. The van der Waals surface area contributed by atoms with E-state index in [-0.39, 0.29) is 5.75 Å². The fourth-order valence-corrected chi connectivity index (χ4v) is 3.04. The molecule has 0 aliphatic rings. The van der Waals surface area contributed by atoms with Crippen LogP contribution in [-0.2, 0) is 16.3 Å². The largest absolute Gasteiger partial charge is 0.317 e. The molecule has 1 atom stereocenters. The van der Waals surface area contributed by atoms with Crippen LogP contribution in [0, 0.1) is 6.92 Å². The summed E-state index contributed by atoms with van der Waals surface area (Å²) in [7, 11) is -0.890. The second-order valence-corrected chi connectivity index (χ2v) is 7.47. The number of sulfone groups is 1. The minimum Gasteiger partial charge on any atom is -0.317 e. The number of aryl methyl sites for hydroxylation is 1. The van der Waals surface area contributed by atoms with Gasteiger partial charge in [0.25, 0.3) is 0 Å². The summed E-state index contributed by atoms with van der Waals surface area (Å²) >= 11 is 0. The second-order valence-electron chi connectivity index (χ2n) is 4.99. The Hall–Kier alpha value is -0.870. The molecular formula is C15H25NO2S. The normalized spacial score (nSPS) is 13.4. The second kappa shape index (κ2) is 7.65. The quantitative estimate of drug-likeness (QED) is 0.796. The van der Waals surface area contributed by atoms with Crippen molar-refractivity contribution in [1.82, 2.24) is 5.32 Å². The highest BCUT2D eigenvalue weighted by Gasteiger charge is 2.12. The molecule has 0 aromatic heterocycles. The summed E-state index contributed by atoms with van der Waals surface area (Å²) in [5.74, 6) is 0.546. The summed E-state index contributed by atoms with van der Waals surface area (Å²) in [4.78, 5) is 0. The standard InChI is InChI=1S/C15H25NO2S/c1-4-19(17,18)11-7-10-15(16-3)12-14-9-6-5-8-13(14)2/h5-6,8-9,15-16H,4,7,10-12H2,1-3H3. The van der Waals surface area contributed by atoms with Crippen molar-refractivity contribution in [2.45, 2.75) is 39.2 Å². The van der Waals surface area contributed by atoms with Gasteiger partial charge in [0.15, 0.2) is 0 Å². The van der Waals surface area contributed by atoms with Gasteiger partial charge in [-0.15, -0.1) is 0 Å². The molecule has 1 aromatic carbocycles. The van der Waals surface area contributed by atoms with E-state index in [0.29, 0.717) is 11.8 Å². The monoisotopic (exact) mass is 283 g/mol. The summed E-state index contributed by atoms with van der Waals surface area (Å²) in [6.45, 7) is 3.82. The Morgan fingerprint density at radius 1 is 1.26 bits per heavy atom. The summed E-state index contributed by atoms with van der Waals surface area (Å²) in [5, 5.41) is 3.29. The van der Waals surface area contributed by atoms with Crippen molar-refractivity contribution >= 4 is 9.84 Å². The predicted octanol–water partition coefficient (Wildman–Crippen LogP) is 2.34. The van der Waals surface area contributed by atoms with Crippen LogP contribution in [0.2, 0.25) is 0 Å². The Labute approximate surface area is 117 Å². The molecular weight excluding hydrogens is 258 g/mol. The van der Waals surface area contributed by atoms with Gasteiger partial charge in [0.1, 0.15) is 9.84 Å². The molecule has 0 heterocycles. The molecule has 0 radical (unpaired) electrons. The zero-order valence-electron chi connectivity index (χ0n) is 12.1. The molecule has 0 saturated carbocycles. The van der Waals surface area contributed by atoms with Crippen molar-refractivity contribution in [3.63, 3.8) is 0 Å². The fraction of sp³-hybridized carbons (Fsp3) is 0.600. The molecule has 0 aliphatic carbocycles. The Kier molecular flexibility index (Phi) is 6.52. The molecule has 0 amide bonds. The number of likely N-dealkylation sites (N-methyl/N-ethyl adjacent to an activating group) is 1. The Bertz CT molecular complexity index is 483. The fourth-order valence-electron chi connectivity index (χ4n) is 2.15. The van der Waals surface area contributed by atoms with Crippen LogP contribution in [0.3, 0.4) is 0 Å². The van der Waals surface area contributed by atoms with Gasteiger partial charge < -0.3 is 5.32 Å². The van der Waals surface area contributed by atoms with E-state index in [1.165, 1.54) is 11.1 Å². The Morgan fingerprint density at radius 3 is 2.53 bits per heavy atom. The Balaban J connectivity index is 2.49. The van der Waals surface area contributed by atoms with E-state index < -0.39 is 9.84 Å². The van der Waals surface area contributed by atoms with Gasteiger partial charge in [0, 0.05) is 11.8 Å². The zero-order valence-corrected chi connectivity index (χ0v) is 13.0. The molecule has 0 bridgehead atoms. The summed E-state index contributed by atoms with van der Waals surface area (Å²) < 4.78 is 22.9. The maximum absolute atomic E-state index is 11.5. The summed E-state index contributed by atoms with van der Waals surface area (Å²) in [6.07, 6.45) is 2.58. The highest BCUT2D eigenvalue weighted by atomic mass is 32.2. The first-order valence-corrected chi connectivity index (χ1v) is 8.73. The molecule has 0 aliphatic heterocycles. The van der Waals surface area contributed by atoms with Crippen molar-refractivity contribution in [1.29, 1.82) is 0 Å². The van der Waals surface area contributed by atoms with Crippen LogP contribution >= 0.6 is 0 Å². The maximum Gasteiger partial charge on any atom is 0.150 e. The third-order valence-corrected chi connectivity index (χ3v) is 5.37. The van der Waals surface area contributed by atoms with E-state index in [1.807, 2.05) is 13.1 Å². The van der Waals surface area contributed by atoms with Crippen molar-refractivity contribution in [2.75, 3.05) is 18.6 Å². The lowest BCUT2D eigenvalue weighted by Gasteiger charge is -2.17. The van der Waals surface area contributed by atoms with E-state index in [9.17, 15) is 8.42 Å². The molecule has 108 valence electrons. The van der Waals surface area contributed by atoms with Crippen LogP contribution in [-0.4, -0.2) is 33.0 Å². The van der Waals surface area contributed by atoms with Gasteiger partial charge in [0.05, 0.1) is 5.75 Å². The molecule has 1 rings (SSSR count). The first-order chi connectivity index (χ1) is 8.98. The minimum absolute atomic E-state index is 0.245. The number of hydrogen-bond donors (Lipinski definition) is 1. The van der Waals surface area contributed by atoms with Gasteiger partial charge in [-0.2, -0.15) is 0 Å². The van der Waals surface area contributed by atoms with Crippen molar-refractivity contribution < 1.29 is 8.42 Å². The number of nitrogens with one attached hydrogen (secondary N) is 1. The first-order valence-electron chi connectivity index (χ1n) is 6.90. The van der Waals surface area contributed by atoms with Crippen LogP contribution in [0.4, 0.5) is 0 Å². The molecule has 4 heteroatoms. The predicted molar refractivity (Wildman–Crippen MR) is 81.3 cm³/mol. The van der Waals surface area contributed by atoms with Crippen LogP contribution in [0.25, 0.3) is 0 Å². The molecule has 19 heavy (non-hydrogen) atoms. The Morgan fingerprint density at radius 2 is 1.95 bits per heavy atom. The van der Waals surface area contributed by atoms with E-state index >= 15 is 0 Å². The zero-order chi connectivity index (χ0) is 14.3. The van der Waals surface area contributed by atoms with Gasteiger partial charge >= 0.3 is 0 Å². The van der Waals surface area contributed by atoms with Crippen molar-refractivity contribution in [3.8, 4) is 0 Å². The van der Waals surface area contributed by atoms with Crippen molar-refractivity contribution in [3.05, 3.63) is 35.4 Å². The molecule has 0 spiro atoms. The minimum atomic E-state index is -2.83. The lowest BCUT2D eigenvalue weighted by molar-refractivity contribution is 0.510. The average molecular weight is 283 g/mol. The van der Waals surface area contributed by atoms with E-state index in [2.05, 4.69) is 30.4 Å².